The highest BCUT2D eigenvalue weighted by molar-refractivity contribution is 9.10. The first-order chi connectivity index (χ1) is 12.9. The van der Waals surface area contributed by atoms with Gasteiger partial charge >= 0.3 is 0 Å². The maximum Gasteiger partial charge on any atom is 0.262 e. The highest BCUT2D eigenvalue weighted by atomic mass is 79.9. The van der Waals surface area contributed by atoms with Gasteiger partial charge in [-0.25, -0.2) is 0 Å². The van der Waals surface area contributed by atoms with Gasteiger partial charge in [0.1, 0.15) is 12.3 Å². The number of nitrogens with one attached hydrogen (secondary N) is 1. The Morgan fingerprint density at radius 2 is 1.81 bits per heavy atom. The zero-order valence-corrected chi connectivity index (χ0v) is 16.0. The number of amides is 3. The number of carbonyl (C=O) groups is 3. The fourth-order valence-electron chi connectivity index (χ4n) is 2.76. The Labute approximate surface area is 164 Å². The second kappa shape index (κ2) is 7.89. The van der Waals surface area contributed by atoms with Gasteiger partial charge in [-0.05, 0) is 35.9 Å². The lowest BCUT2D eigenvalue weighted by molar-refractivity contribution is -0.121. The number of benzene rings is 2. The van der Waals surface area contributed by atoms with Crippen molar-refractivity contribution in [2.24, 2.45) is 0 Å². The van der Waals surface area contributed by atoms with Gasteiger partial charge in [-0.3, -0.25) is 19.3 Å². The van der Waals surface area contributed by atoms with E-state index in [-0.39, 0.29) is 17.7 Å². The highest BCUT2D eigenvalue weighted by Crippen LogP contribution is 2.25. The van der Waals surface area contributed by atoms with E-state index >= 15 is 0 Å². The quantitative estimate of drug-likeness (QED) is 0.679. The molecule has 3 rings (SSSR count). The Morgan fingerprint density at radius 3 is 2.48 bits per heavy atom. The number of methoxy groups -OCH3 is 1. The van der Waals surface area contributed by atoms with Crippen molar-refractivity contribution < 1.29 is 24.2 Å². The number of rotatable bonds is 6. The minimum absolute atomic E-state index is 0.0418. The Kier molecular flexibility index (Phi) is 5.57. The summed E-state index contributed by atoms with van der Waals surface area (Å²) in [6, 6.07) is 11.6. The third kappa shape index (κ3) is 4.01. The van der Waals surface area contributed by atoms with Crippen molar-refractivity contribution in [1.82, 2.24) is 10.2 Å². The molecule has 0 aromatic heterocycles. The molecule has 2 aromatic carbocycles. The molecule has 1 unspecified atom stereocenters. The van der Waals surface area contributed by atoms with Crippen molar-refractivity contribution in [1.29, 1.82) is 0 Å². The van der Waals surface area contributed by atoms with Crippen LogP contribution < -0.4 is 10.1 Å². The zero-order valence-electron chi connectivity index (χ0n) is 14.4. The monoisotopic (exact) mass is 432 g/mol. The lowest BCUT2D eigenvalue weighted by Crippen LogP contribution is -2.41. The summed E-state index contributed by atoms with van der Waals surface area (Å²) in [5, 5.41) is 12.7. The van der Waals surface area contributed by atoms with Gasteiger partial charge in [0.15, 0.2) is 0 Å². The van der Waals surface area contributed by atoms with Gasteiger partial charge in [0.2, 0.25) is 5.91 Å². The summed E-state index contributed by atoms with van der Waals surface area (Å²) < 4.78 is 5.73. The molecule has 0 radical (unpaired) electrons. The van der Waals surface area contributed by atoms with Gasteiger partial charge in [0, 0.05) is 11.0 Å². The number of aliphatic hydroxyl groups is 1. The number of hydrogen-bond acceptors (Lipinski definition) is 5. The van der Waals surface area contributed by atoms with Crippen LogP contribution in [0.4, 0.5) is 0 Å². The third-order valence-electron chi connectivity index (χ3n) is 4.23. The van der Waals surface area contributed by atoms with Gasteiger partial charge in [0.05, 0.1) is 24.3 Å². The summed E-state index contributed by atoms with van der Waals surface area (Å²) in [6.45, 7) is -0.445. The molecule has 0 spiro atoms. The van der Waals surface area contributed by atoms with Crippen LogP contribution in [0.25, 0.3) is 0 Å². The first kappa shape index (κ1) is 19.1. The zero-order chi connectivity index (χ0) is 19.6. The number of aliphatic hydroxyl groups excluding tert-OH is 1. The number of ether oxygens (including phenoxy) is 1. The van der Waals surface area contributed by atoms with Gasteiger partial charge in [-0.15, -0.1) is 0 Å². The van der Waals surface area contributed by atoms with Crippen LogP contribution in [0, 0.1) is 0 Å². The van der Waals surface area contributed by atoms with E-state index in [1.165, 1.54) is 0 Å². The molecule has 27 heavy (non-hydrogen) atoms. The molecule has 1 heterocycles. The first-order valence-corrected chi connectivity index (χ1v) is 8.94. The van der Waals surface area contributed by atoms with Crippen LogP contribution in [0.2, 0.25) is 0 Å². The predicted molar refractivity (Wildman–Crippen MR) is 100 cm³/mol. The molecule has 2 aromatic rings. The largest absolute Gasteiger partial charge is 0.497 e. The first-order valence-electron chi connectivity index (χ1n) is 8.15. The Balaban J connectivity index is 1.58. The molecule has 2 N–H and O–H groups in total. The molecule has 140 valence electrons. The molecule has 0 aliphatic carbocycles. The third-order valence-corrected chi connectivity index (χ3v) is 4.72. The van der Waals surface area contributed by atoms with Crippen LogP contribution >= 0.6 is 15.9 Å². The summed E-state index contributed by atoms with van der Waals surface area (Å²) in [5.74, 6) is -0.890. The van der Waals surface area contributed by atoms with Crippen molar-refractivity contribution in [2.75, 3.05) is 20.2 Å². The maximum absolute atomic E-state index is 12.4. The molecule has 0 saturated heterocycles. The van der Waals surface area contributed by atoms with Gasteiger partial charge in [-0.1, -0.05) is 28.1 Å². The number of carbonyl (C=O) groups excluding carboxylic acids is 3. The molecule has 1 atom stereocenters. The lowest BCUT2D eigenvalue weighted by atomic mass is 10.1. The van der Waals surface area contributed by atoms with Crippen molar-refractivity contribution in [3.05, 3.63) is 63.6 Å². The molecule has 7 nitrogen and oxygen atoms in total. The van der Waals surface area contributed by atoms with E-state index in [0.29, 0.717) is 15.8 Å². The summed E-state index contributed by atoms with van der Waals surface area (Å²) in [7, 11) is 1.55. The van der Waals surface area contributed by atoms with E-state index < -0.39 is 30.4 Å². The molecule has 8 heteroatoms. The molecule has 3 amide bonds. The van der Waals surface area contributed by atoms with E-state index in [1.807, 2.05) is 0 Å². The highest BCUT2D eigenvalue weighted by Gasteiger charge is 2.36. The average Bonchev–Trinajstić information content (AvgIpc) is 2.90. The van der Waals surface area contributed by atoms with Gasteiger partial charge in [-0.2, -0.15) is 0 Å². The molecular formula is C19H17BrN2O5. The van der Waals surface area contributed by atoms with Crippen LogP contribution in [0.3, 0.4) is 0 Å². The van der Waals surface area contributed by atoms with Gasteiger partial charge in [0.25, 0.3) is 11.8 Å². The molecule has 1 aliphatic heterocycles. The fourth-order valence-corrected chi connectivity index (χ4v) is 3.12. The molecule has 0 bridgehead atoms. The van der Waals surface area contributed by atoms with Gasteiger partial charge < -0.3 is 15.2 Å². The molecule has 0 saturated carbocycles. The smallest absolute Gasteiger partial charge is 0.262 e. The predicted octanol–water partition coefficient (Wildman–Crippen LogP) is 1.90. The van der Waals surface area contributed by atoms with E-state index in [2.05, 4.69) is 21.2 Å². The summed E-state index contributed by atoms with van der Waals surface area (Å²) >= 11 is 3.26. The Morgan fingerprint density at radius 1 is 1.15 bits per heavy atom. The Hall–Kier alpha value is -2.71. The van der Waals surface area contributed by atoms with Crippen molar-refractivity contribution in [3.8, 4) is 5.75 Å². The minimum atomic E-state index is -0.919. The minimum Gasteiger partial charge on any atom is -0.497 e. The van der Waals surface area contributed by atoms with Crippen molar-refractivity contribution >= 4 is 33.7 Å². The number of fused-ring (bicyclic) bond motifs is 1. The Bertz CT molecular complexity index is 897. The van der Waals surface area contributed by atoms with Crippen LogP contribution in [0.5, 0.6) is 5.75 Å². The van der Waals surface area contributed by atoms with E-state index in [1.54, 1.807) is 49.6 Å². The number of hydrogen-bond donors (Lipinski definition) is 2. The standard InChI is InChI=1S/C19H17BrN2O5/c1-27-13-5-2-11(3-6-13)16(23)9-21-17(24)10-22-18(25)14-7-4-12(20)8-15(14)19(22)26/h2-8,16,23H,9-10H2,1H3,(H,21,24). The topological polar surface area (TPSA) is 95.9 Å². The summed E-state index contributed by atoms with van der Waals surface area (Å²) in [6.07, 6.45) is -0.919. The van der Waals surface area contributed by atoms with Crippen LogP contribution in [0.15, 0.2) is 46.9 Å². The van der Waals surface area contributed by atoms with E-state index in [9.17, 15) is 19.5 Å². The van der Waals surface area contributed by atoms with Crippen LogP contribution in [0.1, 0.15) is 32.4 Å². The van der Waals surface area contributed by atoms with E-state index in [0.717, 1.165) is 4.90 Å². The summed E-state index contributed by atoms with van der Waals surface area (Å²) in [4.78, 5) is 37.7. The molecule has 0 fully saturated rings. The van der Waals surface area contributed by atoms with Crippen molar-refractivity contribution in [3.63, 3.8) is 0 Å². The fraction of sp³-hybridized carbons (Fsp3) is 0.211. The number of nitrogens with zero attached hydrogens (tertiary/aromatic N) is 1. The summed E-state index contributed by atoms with van der Waals surface area (Å²) in [5.41, 5.74) is 1.15. The van der Waals surface area contributed by atoms with Crippen LogP contribution in [-0.4, -0.2) is 47.9 Å². The average molecular weight is 433 g/mol. The number of imide groups is 1. The van der Waals surface area contributed by atoms with E-state index in [4.69, 9.17) is 4.74 Å². The molecule has 1 aliphatic rings. The maximum atomic E-state index is 12.4. The lowest BCUT2D eigenvalue weighted by Gasteiger charge is -2.16. The molecular weight excluding hydrogens is 416 g/mol. The van der Waals surface area contributed by atoms with Crippen molar-refractivity contribution in [2.45, 2.75) is 6.10 Å². The second-order valence-electron chi connectivity index (χ2n) is 5.98. The SMILES string of the molecule is COc1ccc(C(O)CNC(=O)CN2C(=O)c3ccc(Br)cc3C2=O)cc1. The van der Waals surface area contributed by atoms with Crippen LogP contribution in [-0.2, 0) is 4.79 Å². The number of halogens is 1. The second-order valence-corrected chi connectivity index (χ2v) is 6.90. The normalized spacial score (nSPS) is 14.1.